The first-order valence-corrected chi connectivity index (χ1v) is 13.4. The van der Waals surface area contributed by atoms with Crippen molar-refractivity contribution in [2.45, 2.75) is 20.8 Å². The molecule has 0 radical (unpaired) electrons. The summed E-state index contributed by atoms with van der Waals surface area (Å²) in [6, 6.07) is 23.0. The molecule has 0 aliphatic rings. The minimum Gasteiger partial charge on any atom is -0.490 e. The van der Waals surface area contributed by atoms with Gasteiger partial charge in [0.05, 0.1) is 12.3 Å². The standard InChI is InChI=1S/C31H29N3O4S/c1-4-36-29-18-23(11-13-28(29)38-15-14-37-27-12-10-21(2)16-22(27)3)17-25(19-32)30(35)34-31-33-26(20-39-31)24-8-6-5-7-9-24/h5-13,16-18,20H,4,14-15H2,1-3H3,(H,33,34,35). The topological polar surface area (TPSA) is 93.5 Å². The number of carbonyl (C=O) groups is 1. The van der Waals surface area contributed by atoms with Gasteiger partial charge in [0.15, 0.2) is 16.6 Å². The predicted molar refractivity (Wildman–Crippen MR) is 154 cm³/mol. The molecule has 8 heteroatoms. The fraction of sp³-hybridized carbons (Fsp3) is 0.194. The van der Waals surface area contributed by atoms with Crippen molar-refractivity contribution in [3.8, 4) is 34.6 Å². The summed E-state index contributed by atoms with van der Waals surface area (Å²) >= 11 is 1.30. The first kappa shape index (κ1) is 27.4. The van der Waals surface area contributed by atoms with E-state index in [9.17, 15) is 10.1 Å². The van der Waals surface area contributed by atoms with Gasteiger partial charge in [0, 0.05) is 10.9 Å². The number of ether oxygens (including phenoxy) is 3. The van der Waals surface area contributed by atoms with Crippen LogP contribution in [0.3, 0.4) is 0 Å². The van der Waals surface area contributed by atoms with Crippen molar-refractivity contribution in [1.82, 2.24) is 4.98 Å². The lowest BCUT2D eigenvalue weighted by Crippen LogP contribution is -2.13. The van der Waals surface area contributed by atoms with Crippen LogP contribution < -0.4 is 19.5 Å². The van der Waals surface area contributed by atoms with Crippen molar-refractivity contribution >= 4 is 28.5 Å². The quantitative estimate of drug-likeness (QED) is 0.128. The number of nitrogens with one attached hydrogen (secondary N) is 1. The van der Waals surface area contributed by atoms with Crippen molar-refractivity contribution in [2.24, 2.45) is 0 Å². The van der Waals surface area contributed by atoms with E-state index >= 15 is 0 Å². The van der Waals surface area contributed by atoms with E-state index in [0.717, 1.165) is 22.6 Å². The van der Waals surface area contributed by atoms with Gasteiger partial charge in [0.1, 0.15) is 30.6 Å². The first-order valence-electron chi connectivity index (χ1n) is 12.5. The molecule has 0 aliphatic carbocycles. The molecule has 7 nitrogen and oxygen atoms in total. The van der Waals surface area contributed by atoms with Crippen molar-refractivity contribution in [2.75, 3.05) is 25.1 Å². The lowest BCUT2D eigenvalue weighted by molar-refractivity contribution is -0.112. The van der Waals surface area contributed by atoms with Crippen LogP contribution in [0.25, 0.3) is 17.3 Å². The number of anilines is 1. The second kappa shape index (κ2) is 13.3. The number of aromatic nitrogens is 1. The molecule has 4 rings (SSSR count). The number of amides is 1. The maximum Gasteiger partial charge on any atom is 0.268 e. The zero-order valence-electron chi connectivity index (χ0n) is 22.1. The van der Waals surface area contributed by atoms with E-state index in [-0.39, 0.29) is 5.57 Å². The van der Waals surface area contributed by atoms with Crippen molar-refractivity contribution in [3.63, 3.8) is 0 Å². The van der Waals surface area contributed by atoms with Crippen molar-refractivity contribution in [3.05, 3.63) is 94.4 Å². The molecule has 1 amide bonds. The van der Waals surface area contributed by atoms with Gasteiger partial charge in [-0.2, -0.15) is 5.26 Å². The SMILES string of the molecule is CCOc1cc(C=C(C#N)C(=O)Nc2nc(-c3ccccc3)cs2)ccc1OCCOc1ccc(C)cc1C. The summed E-state index contributed by atoms with van der Waals surface area (Å²) in [6.07, 6.45) is 1.51. The van der Waals surface area contributed by atoms with Crippen molar-refractivity contribution in [1.29, 1.82) is 5.26 Å². The number of nitrogens with zero attached hydrogens (tertiary/aromatic N) is 2. The van der Waals surface area contributed by atoms with Gasteiger partial charge in [0.2, 0.25) is 0 Å². The normalized spacial score (nSPS) is 11.0. The molecule has 0 fully saturated rings. The number of benzene rings is 3. The Morgan fingerprint density at radius 1 is 0.974 bits per heavy atom. The van der Waals surface area contributed by atoms with Gasteiger partial charge in [-0.1, -0.05) is 54.1 Å². The average Bonchev–Trinajstić information content (AvgIpc) is 3.40. The highest BCUT2D eigenvalue weighted by Gasteiger charge is 2.14. The Morgan fingerprint density at radius 3 is 2.44 bits per heavy atom. The van der Waals surface area contributed by atoms with Gasteiger partial charge in [-0.25, -0.2) is 4.98 Å². The molecule has 0 atom stereocenters. The molecular formula is C31H29N3O4S. The summed E-state index contributed by atoms with van der Waals surface area (Å²) < 4.78 is 17.5. The third kappa shape index (κ3) is 7.46. The number of thiazole rings is 1. The number of hydrogen-bond acceptors (Lipinski definition) is 7. The number of carbonyl (C=O) groups excluding carboxylic acids is 1. The predicted octanol–water partition coefficient (Wildman–Crippen LogP) is 6.83. The molecule has 0 unspecified atom stereocenters. The molecule has 39 heavy (non-hydrogen) atoms. The van der Waals surface area contributed by atoms with E-state index in [2.05, 4.69) is 16.4 Å². The van der Waals surface area contributed by atoms with E-state index in [1.54, 1.807) is 18.2 Å². The Balaban J connectivity index is 1.40. The van der Waals surface area contributed by atoms with E-state index in [1.165, 1.54) is 23.0 Å². The first-order chi connectivity index (χ1) is 19.0. The monoisotopic (exact) mass is 539 g/mol. The molecule has 1 heterocycles. The van der Waals surface area contributed by atoms with Crippen LogP contribution in [0.1, 0.15) is 23.6 Å². The van der Waals surface area contributed by atoms with Crippen molar-refractivity contribution < 1.29 is 19.0 Å². The van der Waals surface area contributed by atoms with Crippen LogP contribution in [0.5, 0.6) is 17.2 Å². The maximum absolute atomic E-state index is 12.8. The van der Waals surface area contributed by atoms with Gasteiger partial charge in [0.25, 0.3) is 5.91 Å². The number of rotatable bonds is 11. The van der Waals surface area contributed by atoms with Gasteiger partial charge >= 0.3 is 0 Å². The molecule has 0 spiro atoms. The summed E-state index contributed by atoms with van der Waals surface area (Å²) in [5, 5.41) is 14.6. The molecule has 1 aromatic heterocycles. The van der Waals surface area contributed by atoms with Crippen LogP contribution in [0.4, 0.5) is 5.13 Å². The van der Waals surface area contributed by atoms with E-state index in [4.69, 9.17) is 14.2 Å². The van der Waals surface area contributed by atoms with Gasteiger partial charge in [-0.05, 0) is 56.2 Å². The smallest absolute Gasteiger partial charge is 0.268 e. The largest absolute Gasteiger partial charge is 0.490 e. The van der Waals surface area contributed by atoms with E-state index < -0.39 is 5.91 Å². The summed E-state index contributed by atoms with van der Waals surface area (Å²) in [5.74, 6) is 1.36. The molecule has 1 N–H and O–H groups in total. The number of aryl methyl sites for hydroxylation is 2. The molecule has 198 valence electrons. The highest BCUT2D eigenvalue weighted by Crippen LogP contribution is 2.30. The third-order valence-electron chi connectivity index (χ3n) is 5.67. The molecule has 0 saturated carbocycles. The van der Waals surface area contributed by atoms with E-state index in [1.807, 2.05) is 74.7 Å². The fourth-order valence-corrected chi connectivity index (χ4v) is 4.53. The molecule has 4 aromatic rings. The molecule has 0 aliphatic heterocycles. The summed E-state index contributed by atoms with van der Waals surface area (Å²) in [6.45, 7) is 7.06. The lowest BCUT2D eigenvalue weighted by atomic mass is 10.1. The van der Waals surface area contributed by atoms with Gasteiger partial charge in [-0.3, -0.25) is 10.1 Å². The molecule has 3 aromatic carbocycles. The highest BCUT2D eigenvalue weighted by molar-refractivity contribution is 7.14. The minimum absolute atomic E-state index is 0.0514. The Hall–Kier alpha value is -4.61. The minimum atomic E-state index is -0.534. The Morgan fingerprint density at radius 2 is 1.72 bits per heavy atom. The third-order valence-corrected chi connectivity index (χ3v) is 6.42. The number of hydrogen-bond donors (Lipinski definition) is 1. The summed E-state index contributed by atoms with van der Waals surface area (Å²) in [5.41, 5.74) is 4.55. The van der Waals surface area contributed by atoms with Gasteiger partial charge < -0.3 is 14.2 Å². The van der Waals surface area contributed by atoms with E-state index in [0.29, 0.717) is 42.0 Å². The van der Waals surface area contributed by atoms with Crippen LogP contribution in [-0.4, -0.2) is 30.7 Å². The fourth-order valence-electron chi connectivity index (χ4n) is 3.82. The van der Waals surface area contributed by atoms with Gasteiger partial charge in [-0.15, -0.1) is 11.3 Å². The van der Waals surface area contributed by atoms with Crippen LogP contribution in [0.15, 0.2) is 77.7 Å². The maximum atomic E-state index is 12.8. The molecular weight excluding hydrogens is 510 g/mol. The Bertz CT molecular complexity index is 1510. The zero-order chi connectivity index (χ0) is 27.6. The zero-order valence-corrected chi connectivity index (χ0v) is 22.9. The van der Waals surface area contributed by atoms with Crippen LogP contribution in [0, 0.1) is 25.2 Å². The second-order valence-corrected chi connectivity index (χ2v) is 9.49. The summed E-state index contributed by atoms with van der Waals surface area (Å²) in [7, 11) is 0. The van der Waals surface area contributed by atoms with Crippen LogP contribution in [0.2, 0.25) is 0 Å². The highest BCUT2D eigenvalue weighted by atomic mass is 32.1. The molecule has 0 bridgehead atoms. The second-order valence-electron chi connectivity index (χ2n) is 8.63. The summed E-state index contributed by atoms with van der Waals surface area (Å²) in [4.78, 5) is 17.3. The number of nitriles is 1. The Kier molecular flexibility index (Phi) is 9.33. The van der Waals surface area contributed by atoms with Crippen LogP contribution in [-0.2, 0) is 4.79 Å². The lowest BCUT2D eigenvalue weighted by Gasteiger charge is -2.14. The molecule has 0 saturated heterocycles. The average molecular weight is 540 g/mol. The van der Waals surface area contributed by atoms with Crippen LogP contribution >= 0.6 is 11.3 Å². The Labute approximate surface area is 232 Å².